The Labute approximate surface area is 77.8 Å². The van der Waals surface area contributed by atoms with E-state index in [1.165, 1.54) is 0 Å². The van der Waals surface area contributed by atoms with Crippen LogP contribution in [0, 0.1) is 17.2 Å². The van der Waals surface area contributed by atoms with Crippen LogP contribution in [0.3, 0.4) is 0 Å². The summed E-state index contributed by atoms with van der Waals surface area (Å²) in [6, 6.07) is 1.12. The van der Waals surface area contributed by atoms with E-state index in [4.69, 9.17) is 5.26 Å². The predicted octanol–water partition coefficient (Wildman–Crippen LogP) is 1.14. The Kier molecular flexibility index (Phi) is 2.84. The van der Waals surface area contributed by atoms with Crippen LogP contribution in [-0.2, 0) is 4.74 Å². The Balaban J connectivity index is 2.58. The van der Waals surface area contributed by atoms with Gasteiger partial charge in [0.25, 0.3) is 0 Å². The summed E-state index contributed by atoms with van der Waals surface area (Å²) in [5.74, 6) is -2.15. The first-order valence-electron chi connectivity index (χ1n) is 3.83. The number of halogens is 3. The summed E-state index contributed by atoms with van der Waals surface area (Å²) in [6.45, 7) is -0.471. The van der Waals surface area contributed by atoms with Crippen LogP contribution in [0.5, 0.6) is 0 Å². The van der Waals surface area contributed by atoms with Crippen molar-refractivity contribution in [3.63, 3.8) is 0 Å². The van der Waals surface area contributed by atoms with E-state index in [2.05, 4.69) is 4.74 Å². The zero-order chi connectivity index (χ0) is 10.8. The number of carbonyl (C=O) groups is 1. The highest BCUT2D eigenvalue weighted by molar-refractivity contribution is 5.69. The molecule has 78 valence electrons. The van der Waals surface area contributed by atoms with Crippen LogP contribution in [0.2, 0.25) is 0 Å². The molecule has 7 heteroatoms. The third-order valence-electron chi connectivity index (χ3n) is 1.80. The van der Waals surface area contributed by atoms with Gasteiger partial charge in [-0.05, 0) is 0 Å². The fourth-order valence-corrected chi connectivity index (χ4v) is 1.03. The number of ether oxygens (including phenoxy) is 1. The molecule has 0 radical (unpaired) electrons. The first-order chi connectivity index (χ1) is 6.45. The lowest BCUT2D eigenvalue weighted by molar-refractivity contribution is -0.161. The highest BCUT2D eigenvalue weighted by Gasteiger charge is 2.42. The van der Waals surface area contributed by atoms with Crippen molar-refractivity contribution in [2.24, 2.45) is 5.92 Å². The molecule has 1 heterocycles. The van der Waals surface area contributed by atoms with Gasteiger partial charge in [-0.15, -0.1) is 0 Å². The van der Waals surface area contributed by atoms with Crippen molar-refractivity contribution in [1.29, 1.82) is 5.26 Å². The molecule has 0 aromatic heterocycles. The number of hydrogen-bond donors (Lipinski definition) is 0. The second-order valence-corrected chi connectivity index (χ2v) is 2.78. The van der Waals surface area contributed by atoms with Crippen LogP contribution in [0.15, 0.2) is 0 Å². The van der Waals surface area contributed by atoms with Gasteiger partial charge in [-0.1, -0.05) is 0 Å². The summed E-state index contributed by atoms with van der Waals surface area (Å²) in [6.07, 6.45) is -5.40. The van der Waals surface area contributed by atoms with Crippen molar-refractivity contribution in [2.75, 3.05) is 19.7 Å². The van der Waals surface area contributed by atoms with Crippen molar-refractivity contribution in [1.82, 2.24) is 4.90 Å². The maximum absolute atomic E-state index is 12.1. The summed E-state index contributed by atoms with van der Waals surface area (Å²) < 4.78 is 40.7. The quantitative estimate of drug-likeness (QED) is 0.683. The van der Waals surface area contributed by atoms with E-state index < -0.39 is 24.7 Å². The molecule has 1 aliphatic heterocycles. The van der Waals surface area contributed by atoms with Crippen molar-refractivity contribution < 1.29 is 22.7 Å². The molecule has 1 unspecified atom stereocenters. The van der Waals surface area contributed by atoms with Crippen LogP contribution in [0.4, 0.5) is 18.0 Å². The Morgan fingerprint density at radius 3 is 2.64 bits per heavy atom. The summed E-state index contributed by atoms with van der Waals surface area (Å²) in [7, 11) is 0. The van der Waals surface area contributed by atoms with Crippen molar-refractivity contribution >= 4 is 6.09 Å². The van der Waals surface area contributed by atoms with E-state index in [0.29, 0.717) is 0 Å². The van der Waals surface area contributed by atoms with Crippen LogP contribution in [0.1, 0.15) is 0 Å². The number of nitriles is 1. The largest absolute Gasteiger partial charge is 0.448 e. The summed E-state index contributed by atoms with van der Waals surface area (Å²) in [5, 5.41) is 8.26. The fraction of sp³-hybridized carbons (Fsp3) is 0.714. The molecule has 1 rings (SSSR count). The number of cyclic esters (lactones) is 1. The molecule has 1 saturated heterocycles. The highest BCUT2D eigenvalue weighted by atomic mass is 19.4. The number of alkyl halides is 3. The number of amides is 1. The van der Waals surface area contributed by atoms with Gasteiger partial charge >= 0.3 is 12.3 Å². The fourth-order valence-electron chi connectivity index (χ4n) is 1.03. The van der Waals surface area contributed by atoms with Gasteiger partial charge in [0.05, 0.1) is 12.6 Å². The standard InChI is InChI=1S/C7H7F3N2O2/c8-7(9,10)5(3-11)4-12-1-2-14-6(12)13/h5H,1-2,4H2. The van der Waals surface area contributed by atoms with Gasteiger partial charge in [-0.25, -0.2) is 4.79 Å². The van der Waals surface area contributed by atoms with Gasteiger partial charge < -0.3 is 9.64 Å². The summed E-state index contributed by atoms with van der Waals surface area (Å²) >= 11 is 0. The minimum absolute atomic E-state index is 0.0782. The predicted molar refractivity (Wildman–Crippen MR) is 38.1 cm³/mol. The molecule has 1 fully saturated rings. The zero-order valence-corrected chi connectivity index (χ0v) is 7.04. The molecular formula is C7H7F3N2O2. The molecule has 14 heavy (non-hydrogen) atoms. The molecule has 0 N–H and O–H groups in total. The highest BCUT2D eigenvalue weighted by Crippen LogP contribution is 2.26. The Morgan fingerprint density at radius 2 is 2.29 bits per heavy atom. The average Bonchev–Trinajstić information content (AvgIpc) is 2.45. The number of carbonyl (C=O) groups excluding carboxylic acids is 1. The molecule has 0 aromatic carbocycles. The summed E-state index contributed by atoms with van der Waals surface area (Å²) in [4.78, 5) is 11.7. The molecule has 1 amide bonds. The van der Waals surface area contributed by atoms with E-state index in [1.54, 1.807) is 0 Å². The lowest BCUT2D eigenvalue weighted by Gasteiger charge is -2.18. The van der Waals surface area contributed by atoms with E-state index >= 15 is 0 Å². The van der Waals surface area contributed by atoms with E-state index in [0.717, 1.165) is 11.0 Å². The smallest absolute Gasteiger partial charge is 0.409 e. The third kappa shape index (κ3) is 2.28. The van der Waals surface area contributed by atoms with Gasteiger partial charge in [-0.2, -0.15) is 18.4 Å². The average molecular weight is 208 g/mol. The monoisotopic (exact) mass is 208 g/mol. The molecular weight excluding hydrogens is 201 g/mol. The van der Waals surface area contributed by atoms with Crippen LogP contribution >= 0.6 is 0 Å². The molecule has 1 aliphatic rings. The number of hydrogen-bond acceptors (Lipinski definition) is 3. The minimum Gasteiger partial charge on any atom is -0.448 e. The van der Waals surface area contributed by atoms with Gasteiger partial charge in [0, 0.05) is 6.54 Å². The molecule has 4 nitrogen and oxygen atoms in total. The lowest BCUT2D eigenvalue weighted by Crippen LogP contribution is -2.36. The molecule has 0 aliphatic carbocycles. The summed E-state index contributed by atoms with van der Waals surface area (Å²) in [5.41, 5.74) is 0. The molecule has 0 saturated carbocycles. The van der Waals surface area contributed by atoms with Gasteiger partial charge in [0.1, 0.15) is 6.61 Å². The van der Waals surface area contributed by atoms with Gasteiger partial charge in [0.2, 0.25) is 0 Å². The first kappa shape index (κ1) is 10.6. The van der Waals surface area contributed by atoms with Crippen LogP contribution < -0.4 is 0 Å². The third-order valence-corrected chi connectivity index (χ3v) is 1.80. The number of nitrogens with zero attached hydrogens (tertiary/aromatic N) is 2. The second kappa shape index (κ2) is 3.74. The van der Waals surface area contributed by atoms with Crippen LogP contribution in [-0.4, -0.2) is 36.9 Å². The first-order valence-corrected chi connectivity index (χ1v) is 3.83. The maximum Gasteiger partial charge on any atom is 0.409 e. The molecule has 0 aromatic rings. The SMILES string of the molecule is N#CC(CN1CCOC1=O)C(F)(F)F. The van der Waals surface area contributed by atoms with Crippen molar-refractivity contribution in [2.45, 2.75) is 6.18 Å². The molecule has 1 atom stereocenters. The van der Waals surface area contributed by atoms with Crippen LogP contribution in [0.25, 0.3) is 0 Å². The minimum atomic E-state index is -4.60. The Morgan fingerprint density at radius 1 is 1.64 bits per heavy atom. The van der Waals surface area contributed by atoms with Crippen molar-refractivity contribution in [3.8, 4) is 6.07 Å². The maximum atomic E-state index is 12.1. The normalized spacial score (nSPS) is 19.0. The van der Waals surface area contributed by atoms with E-state index in [-0.39, 0.29) is 13.2 Å². The Hall–Kier alpha value is -1.45. The number of rotatable bonds is 2. The van der Waals surface area contributed by atoms with Crippen molar-refractivity contribution in [3.05, 3.63) is 0 Å². The lowest BCUT2D eigenvalue weighted by atomic mass is 10.1. The topological polar surface area (TPSA) is 53.3 Å². The van der Waals surface area contributed by atoms with E-state index in [1.807, 2.05) is 0 Å². The van der Waals surface area contributed by atoms with E-state index in [9.17, 15) is 18.0 Å². The molecule has 0 spiro atoms. The van der Waals surface area contributed by atoms with Gasteiger partial charge in [-0.3, -0.25) is 0 Å². The second-order valence-electron chi connectivity index (χ2n) is 2.78. The Bertz CT molecular complexity index is 271. The molecule has 0 bridgehead atoms. The zero-order valence-electron chi connectivity index (χ0n) is 7.04. The van der Waals surface area contributed by atoms with Gasteiger partial charge in [0.15, 0.2) is 5.92 Å².